The maximum atomic E-state index is 12.2. The molecule has 1 N–H and O–H groups in total. The zero-order chi connectivity index (χ0) is 14.8. The number of methoxy groups -OCH3 is 1. The van der Waals surface area contributed by atoms with Gasteiger partial charge in [0.25, 0.3) is 0 Å². The number of fused-ring (bicyclic) bond motifs is 1. The number of hydrogen-bond acceptors (Lipinski definition) is 3. The van der Waals surface area contributed by atoms with E-state index in [0.717, 1.165) is 21.9 Å². The highest BCUT2D eigenvalue weighted by atomic mass is 35.5. The summed E-state index contributed by atoms with van der Waals surface area (Å²) in [6.45, 7) is 0.513. The molecule has 1 heterocycles. The van der Waals surface area contributed by atoms with Crippen LogP contribution in [0.25, 0.3) is 0 Å². The number of rotatable bonds is 3. The van der Waals surface area contributed by atoms with Crippen LogP contribution in [-0.4, -0.2) is 17.4 Å². The van der Waals surface area contributed by atoms with Gasteiger partial charge in [0.05, 0.1) is 24.2 Å². The van der Waals surface area contributed by atoms with E-state index < -0.39 is 0 Å². The van der Waals surface area contributed by atoms with E-state index in [9.17, 15) is 4.79 Å². The third-order valence-corrected chi connectivity index (χ3v) is 4.42. The van der Waals surface area contributed by atoms with Gasteiger partial charge in [0.2, 0.25) is 0 Å². The molecule has 0 spiro atoms. The summed E-state index contributed by atoms with van der Waals surface area (Å²) in [5, 5.41) is 3.56. The molecule has 0 atom stereocenters. The molecule has 2 aromatic carbocycles. The van der Waals surface area contributed by atoms with E-state index in [-0.39, 0.29) is 6.03 Å². The van der Waals surface area contributed by atoms with Crippen LogP contribution in [0.1, 0.15) is 5.56 Å². The monoisotopic (exact) mass is 320 g/mol. The number of amides is 2. The van der Waals surface area contributed by atoms with Gasteiger partial charge in [-0.2, -0.15) is 0 Å². The fourth-order valence-electron chi connectivity index (χ4n) is 2.01. The van der Waals surface area contributed by atoms with Gasteiger partial charge < -0.3 is 10.1 Å². The molecule has 0 aliphatic carbocycles. The Bertz CT molecular complexity index is 676. The highest BCUT2D eigenvalue weighted by molar-refractivity contribution is 7.97. The number of halogens is 1. The SMILES string of the molecule is COc1ccc2c(c1)NC(=O)N(Cc1ccc(Cl)cc1)S2. The lowest BCUT2D eigenvalue weighted by molar-refractivity contribution is 0.237. The molecule has 4 nitrogen and oxygen atoms in total. The standard InChI is InChI=1S/C15H13ClN2O2S/c1-20-12-6-7-14-13(8-12)17-15(19)18(21-14)9-10-2-4-11(16)5-3-10/h2-8H,9H2,1H3,(H,17,19). The molecular formula is C15H13ClN2O2S. The number of benzene rings is 2. The number of anilines is 1. The van der Waals surface area contributed by atoms with Gasteiger partial charge in [-0.1, -0.05) is 23.7 Å². The fraction of sp³-hybridized carbons (Fsp3) is 0.133. The summed E-state index contributed by atoms with van der Waals surface area (Å²) in [5.41, 5.74) is 1.80. The lowest BCUT2D eigenvalue weighted by Gasteiger charge is -2.28. The van der Waals surface area contributed by atoms with Crippen LogP contribution in [0.5, 0.6) is 5.75 Å². The number of nitrogens with zero attached hydrogens (tertiary/aromatic N) is 1. The van der Waals surface area contributed by atoms with E-state index in [0.29, 0.717) is 11.6 Å². The molecule has 0 aromatic heterocycles. The second kappa shape index (κ2) is 5.87. The lowest BCUT2D eigenvalue weighted by atomic mass is 10.2. The highest BCUT2D eigenvalue weighted by Gasteiger charge is 2.24. The van der Waals surface area contributed by atoms with Gasteiger partial charge in [0.15, 0.2) is 0 Å². The predicted octanol–water partition coefficient (Wildman–Crippen LogP) is 4.40. The minimum Gasteiger partial charge on any atom is -0.497 e. The molecule has 1 aliphatic rings. The normalized spacial score (nSPS) is 13.6. The first-order valence-corrected chi connectivity index (χ1v) is 7.50. The zero-order valence-corrected chi connectivity index (χ0v) is 12.9. The van der Waals surface area contributed by atoms with Crippen molar-refractivity contribution in [2.24, 2.45) is 0 Å². The summed E-state index contributed by atoms with van der Waals surface area (Å²) >= 11 is 7.28. The van der Waals surface area contributed by atoms with E-state index >= 15 is 0 Å². The first-order chi connectivity index (χ1) is 10.2. The number of ether oxygens (including phenoxy) is 1. The van der Waals surface area contributed by atoms with E-state index in [1.165, 1.54) is 11.9 Å². The number of carbonyl (C=O) groups is 1. The molecular weight excluding hydrogens is 308 g/mol. The van der Waals surface area contributed by atoms with Crippen molar-refractivity contribution in [2.75, 3.05) is 12.4 Å². The van der Waals surface area contributed by atoms with Crippen LogP contribution in [0.3, 0.4) is 0 Å². The molecule has 6 heteroatoms. The minimum atomic E-state index is -0.143. The van der Waals surface area contributed by atoms with Gasteiger partial charge in [-0.15, -0.1) is 0 Å². The van der Waals surface area contributed by atoms with Crippen LogP contribution >= 0.6 is 23.5 Å². The van der Waals surface area contributed by atoms with Crippen molar-refractivity contribution in [3.8, 4) is 5.75 Å². The van der Waals surface area contributed by atoms with Crippen molar-refractivity contribution >= 4 is 35.3 Å². The minimum absolute atomic E-state index is 0.143. The Labute approximate surface area is 132 Å². The second-order valence-corrected chi connectivity index (χ2v) is 6.05. The third kappa shape index (κ3) is 3.09. The van der Waals surface area contributed by atoms with Crippen LogP contribution in [0, 0.1) is 0 Å². The molecule has 0 saturated carbocycles. The highest BCUT2D eigenvalue weighted by Crippen LogP contribution is 2.38. The van der Waals surface area contributed by atoms with Crippen LogP contribution in [0.4, 0.5) is 10.5 Å². The molecule has 0 unspecified atom stereocenters. The van der Waals surface area contributed by atoms with E-state index in [4.69, 9.17) is 16.3 Å². The van der Waals surface area contributed by atoms with Crippen molar-refractivity contribution in [1.29, 1.82) is 0 Å². The van der Waals surface area contributed by atoms with Gasteiger partial charge in [0.1, 0.15) is 5.75 Å². The van der Waals surface area contributed by atoms with Crippen LogP contribution in [0.2, 0.25) is 5.02 Å². The molecule has 3 rings (SSSR count). The van der Waals surface area contributed by atoms with Gasteiger partial charge in [-0.05, 0) is 41.8 Å². The van der Waals surface area contributed by atoms with Crippen LogP contribution < -0.4 is 10.1 Å². The Morgan fingerprint density at radius 2 is 2.00 bits per heavy atom. The number of hydrogen-bond donors (Lipinski definition) is 1. The third-order valence-electron chi connectivity index (χ3n) is 3.10. The van der Waals surface area contributed by atoms with Crippen molar-refractivity contribution in [2.45, 2.75) is 11.4 Å². The Morgan fingerprint density at radius 3 is 2.71 bits per heavy atom. The summed E-state index contributed by atoms with van der Waals surface area (Å²) < 4.78 is 6.84. The second-order valence-electron chi connectivity index (χ2n) is 4.55. The topological polar surface area (TPSA) is 41.6 Å². The van der Waals surface area contributed by atoms with Crippen LogP contribution in [0.15, 0.2) is 47.4 Å². The molecule has 0 saturated heterocycles. The molecule has 0 bridgehead atoms. The fourth-order valence-corrected chi connectivity index (χ4v) is 3.05. The maximum absolute atomic E-state index is 12.2. The number of nitrogens with one attached hydrogen (secondary N) is 1. The van der Waals surface area contributed by atoms with Gasteiger partial charge in [0, 0.05) is 11.1 Å². The first-order valence-electron chi connectivity index (χ1n) is 6.34. The van der Waals surface area contributed by atoms with Gasteiger partial charge in [-0.3, -0.25) is 4.31 Å². The molecule has 2 amide bonds. The van der Waals surface area contributed by atoms with E-state index in [2.05, 4.69) is 5.32 Å². The van der Waals surface area contributed by atoms with Crippen molar-refractivity contribution in [3.05, 3.63) is 53.1 Å². The Balaban J connectivity index is 1.79. The molecule has 1 aliphatic heterocycles. The maximum Gasteiger partial charge on any atom is 0.332 e. The van der Waals surface area contributed by atoms with Gasteiger partial charge >= 0.3 is 6.03 Å². The summed E-state index contributed by atoms with van der Waals surface area (Å²) in [5.74, 6) is 0.723. The zero-order valence-electron chi connectivity index (χ0n) is 11.3. The average molecular weight is 321 g/mol. The Morgan fingerprint density at radius 1 is 1.24 bits per heavy atom. The summed E-state index contributed by atoms with van der Waals surface area (Å²) in [4.78, 5) is 13.1. The van der Waals surface area contributed by atoms with E-state index in [1.54, 1.807) is 11.4 Å². The molecule has 2 aromatic rings. The predicted molar refractivity (Wildman–Crippen MR) is 84.9 cm³/mol. The number of carbonyl (C=O) groups excluding carboxylic acids is 1. The Kier molecular flexibility index (Phi) is 3.94. The molecule has 21 heavy (non-hydrogen) atoms. The number of urea groups is 1. The summed E-state index contributed by atoms with van der Waals surface area (Å²) in [6, 6.07) is 13.0. The summed E-state index contributed by atoms with van der Waals surface area (Å²) in [7, 11) is 1.60. The van der Waals surface area contributed by atoms with Crippen LogP contribution in [-0.2, 0) is 6.54 Å². The van der Waals surface area contributed by atoms with Crippen molar-refractivity contribution in [1.82, 2.24) is 4.31 Å². The smallest absolute Gasteiger partial charge is 0.332 e. The van der Waals surface area contributed by atoms with E-state index in [1.807, 2.05) is 42.5 Å². The van der Waals surface area contributed by atoms with Crippen molar-refractivity contribution in [3.63, 3.8) is 0 Å². The average Bonchev–Trinajstić information content (AvgIpc) is 2.50. The first kappa shape index (κ1) is 14.1. The lowest BCUT2D eigenvalue weighted by Crippen LogP contribution is -2.32. The van der Waals surface area contributed by atoms with Gasteiger partial charge in [-0.25, -0.2) is 4.79 Å². The Hall–Kier alpha value is -1.85. The van der Waals surface area contributed by atoms with Crippen molar-refractivity contribution < 1.29 is 9.53 Å². The largest absolute Gasteiger partial charge is 0.497 e. The quantitative estimate of drug-likeness (QED) is 0.852. The summed E-state index contributed by atoms with van der Waals surface area (Å²) in [6.07, 6.45) is 0. The molecule has 108 valence electrons. The molecule has 0 fully saturated rings. The molecule has 0 radical (unpaired) electrons.